The van der Waals surface area contributed by atoms with Crippen molar-refractivity contribution in [3.05, 3.63) is 0 Å². The van der Waals surface area contributed by atoms with Crippen LogP contribution in [0.2, 0.25) is 0 Å². The highest BCUT2D eigenvalue weighted by Crippen LogP contribution is 2.30. The van der Waals surface area contributed by atoms with E-state index < -0.39 is 42.0 Å². The second-order valence-electron chi connectivity index (χ2n) is 8.92. The zero-order chi connectivity index (χ0) is 23.8. The van der Waals surface area contributed by atoms with E-state index in [1.807, 2.05) is 6.92 Å². The highest BCUT2D eigenvalue weighted by molar-refractivity contribution is 7.99. The molecule has 0 aromatic heterocycles. The Balaban J connectivity index is 1.93. The van der Waals surface area contributed by atoms with Crippen LogP contribution >= 0.6 is 11.8 Å². The van der Waals surface area contributed by atoms with Crippen molar-refractivity contribution in [3.63, 3.8) is 0 Å². The van der Waals surface area contributed by atoms with E-state index in [9.17, 15) is 24.9 Å². The van der Waals surface area contributed by atoms with Crippen molar-refractivity contribution in [1.82, 2.24) is 10.2 Å². The van der Waals surface area contributed by atoms with Gasteiger partial charge < -0.3 is 30.1 Å². The molecule has 0 spiro atoms. The number of hydrogen-bond donors (Lipinski definition) is 4. The Bertz CT molecular complexity index is 609. The number of hydrogen-bond acceptors (Lipinski definition) is 8. The molecule has 2 fully saturated rings. The number of ether oxygens (including phenoxy) is 2. The highest BCUT2D eigenvalue weighted by Gasteiger charge is 2.43. The van der Waals surface area contributed by atoms with Crippen molar-refractivity contribution in [2.75, 3.05) is 26.0 Å². The van der Waals surface area contributed by atoms with Crippen molar-refractivity contribution in [2.45, 2.75) is 88.8 Å². The van der Waals surface area contributed by atoms with Crippen LogP contribution in [0, 0.1) is 11.8 Å². The van der Waals surface area contributed by atoms with Gasteiger partial charge in [-0.25, -0.2) is 4.79 Å². The lowest BCUT2D eigenvalue weighted by Crippen LogP contribution is -2.57. The molecule has 0 bridgehead atoms. The minimum Gasteiger partial charge on any atom is -0.450 e. The molecular weight excluding hydrogens is 436 g/mol. The zero-order valence-electron chi connectivity index (χ0n) is 19.6. The Morgan fingerprint density at radius 3 is 2.56 bits per heavy atom. The third-order valence-corrected chi connectivity index (χ3v) is 7.23. The average molecular weight is 477 g/mol. The van der Waals surface area contributed by atoms with Gasteiger partial charge in [-0.1, -0.05) is 26.7 Å². The maximum Gasteiger partial charge on any atom is 0.410 e. The first-order chi connectivity index (χ1) is 15.2. The number of thioether (sulfide) groups is 1. The number of aliphatic hydroxyl groups is 3. The number of carbonyl (C=O) groups excluding carboxylic acids is 2. The van der Waals surface area contributed by atoms with E-state index in [4.69, 9.17) is 9.47 Å². The Morgan fingerprint density at radius 2 is 1.94 bits per heavy atom. The summed E-state index contributed by atoms with van der Waals surface area (Å²) < 4.78 is 10.9. The molecule has 8 unspecified atom stereocenters. The summed E-state index contributed by atoms with van der Waals surface area (Å²) in [6.45, 7) is 6.91. The first-order valence-corrected chi connectivity index (χ1v) is 13.0. The standard InChI is InChI=1S/C22H40N2O7S/c1-5-7-14-8-9-24(22(29)30-6-2)15(11-14)20(28)23-12-13(3)10-16-17(25)18(26)19(27)21(31-16)32-4/h13-19,21,25-27H,5-12H2,1-4H3,(H,23,28). The average Bonchev–Trinajstić information content (AvgIpc) is 2.78. The van der Waals surface area contributed by atoms with E-state index in [1.54, 1.807) is 13.2 Å². The van der Waals surface area contributed by atoms with E-state index in [-0.39, 0.29) is 18.4 Å². The van der Waals surface area contributed by atoms with E-state index in [0.29, 0.717) is 31.8 Å². The van der Waals surface area contributed by atoms with Gasteiger partial charge >= 0.3 is 6.09 Å². The lowest BCUT2D eigenvalue weighted by molar-refractivity contribution is -0.201. The first-order valence-electron chi connectivity index (χ1n) is 11.7. The number of amides is 2. The molecule has 2 rings (SSSR count). The van der Waals surface area contributed by atoms with Crippen LogP contribution in [0.15, 0.2) is 0 Å². The quantitative estimate of drug-likeness (QED) is 0.392. The van der Waals surface area contributed by atoms with Crippen molar-refractivity contribution in [1.29, 1.82) is 0 Å². The summed E-state index contributed by atoms with van der Waals surface area (Å²) in [6, 6.07) is -0.555. The predicted octanol–water partition coefficient (Wildman–Crippen LogP) is 1.34. The molecule has 0 saturated carbocycles. The molecule has 2 saturated heterocycles. The van der Waals surface area contributed by atoms with Gasteiger partial charge in [-0.05, 0) is 44.3 Å². The number of nitrogens with one attached hydrogen (secondary N) is 1. The number of nitrogens with zero attached hydrogens (tertiary/aromatic N) is 1. The molecule has 2 aliphatic rings. The van der Waals surface area contributed by atoms with Gasteiger partial charge in [0, 0.05) is 13.1 Å². The lowest BCUT2D eigenvalue weighted by Gasteiger charge is -2.41. The van der Waals surface area contributed by atoms with Crippen molar-refractivity contribution < 1.29 is 34.4 Å². The van der Waals surface area contributed by atoms with Crippen molar-refractivity contribution in [2.24, 2.45) is 11.8 Å². The van der Waals surface area contributed by atoms with Crippen LogP contribution in [0.4, 0.5) is 4.79 Å². The molecule has 2 heterocycles. The van der Waals surface area contributed by atoms with Gasteiger partial charge in [-0.15, -0.1) is 11.8 Å². The van der Waals surface area contributed by atoms with Crippen LogP contribution in [0.5, 0.6) is 0 Å². The maximum atomic E-state index is 13.0. The first kappa shape index (κ1) is 27.2. The fourth-order valence-electron chi connectivity index (χ4n) is 4.56. The largest absolute Gasteiger partial charge is 0.450 e. The summed E-state index contributed by atoms with van der Waals surface area (Å²) in [4.78, 5) is 26.9. The van der Waals surface area contributed by atoms with Gasteiger partial charge in [0.05, 0.1) is 12.7 Å². The molecule has 0 aromatic carbocycles. The van der Waals surface area contributed by atoms with E-state index in [2.05, 4.69) is 12.2 Å². The number of carbonyl (C=O) groups is 2. The molecule has 186 valence electrons. The van der Waals surface area contributed by atoms with Crippen LogP contribution in [0.25, 0.3) is 0 Å². The zero-order valence-corrected chi connectivity index (χ0v) is 20.4. The third-order valence-electron chi connectivity index (χ3n) is 6.37. The second-order valence-corrected chi connectivity index (χ2v) is 9.86. The van der Waals surface area contributed by atoms with Gasteiger partial charge in [-0.2, -0.15) is 0 Å². The van der Waals surface area contributed by atoms with Crippen molar-refractivity contribution in [3.8, 4) is 0 Å². The molecule has 2 amide bonds. The van der Waals surface area contributed by atoms with Crippen LogP contribution in [-0.4, -0.2) is 94.1 Å². The number of aliphatic hydroxyl groups excluding tert-OH is 3. The number of piperidine rings is 1. The van der Waals surface area contributed by atoms with Gasteiger partial charge in [0.15, 0.2) is 0 Å². The minimum atomic E-state index is -1.27. The summed E-state index contributed by atoms with van der Waals surface area (Å²) in [7, 11) is 0. The molecule has 32 heavy (non-hydrogen) atoms. The fourth-order valence-corrected chi connectivity index (χ4v) is 5.25. The maximum absolute atomic E-state index is 13.0. The fraction of sp³-hybridized carbons (Fsp3) is 0.909. The Morgan fingerprint density at radius 1 is 1.22 bits per heavy atom. The van der Waals surface area contributed by atoms with Crippen LogP contribution in [-0.2, 0) is 14.3 Å². The normalized spacial score (nSPS) is 34.1. The smallest absolute Gasteiger partial charge is 0.410 e. The van der Waals surface area contributed by atoms with E-state index >= 15 is 0 Å². The molecule has 0 aliphatic carbocycles. The monoisotopic (exact) mass is 476 g/mol. The van der Waals surface area contributed by atoms with E-state index in [0.717, 1.165) is 19.3 Å². The highest BCUT2D eigenvalue weighted by atomic mass is 32.2. The Kier molecular flexibility index (Phi) is 11.0. The summed E-state index contributed by atoms with van der Waals surface area (Å²) in [5, 5.41) is 33.3. The summed E-state index contributed by atoms with van der Waals surface area (Å²) >= 11 is 1.28. The molecule has 10 heteroatoms. The molecule has 2 aliphatic heterocycles. The number of rotatable bonds is 9. The lowest BCUT2D eigenvalue weighted by atomic mass is 9.87. The molecule has 0 radical (unpaired) electrons. The molecule has 9 nitrogen and oxygen atoms in total. The van der Waals surface area contributed by atoms with Gasteiger partial charge in [-0.3, -0.25) is 9.69 Å². The number of likely N-dealkylation sites (tertiary alicyclic amines) is 1. The Hall–Kier alpha value is -1.07. The van der Waals surface area contributed by atoms with Gasteiger partial charge in [0.25, 0.3) is 0 Å². The molecule has 4 N–H and O–H groups in total. The van der Waals surface area contributed by atoms with Crippen LogP contribution in [0.3, 0.4) is 0 Å². The van der Waals surface area contributed by atoms with Crippen LogP contribution < -0.4 is 5.32 Å². The predicted molar refractivity (Wildman–Crippen MR) is 122 cm³/mol. The van der Waals surface area contributed by atoms with Crippen LogP contribution in [0.1, 0.15) is 52.9 Å². The van der Waals surface area contributed by atoms with Gasteiger partial charge in [0.2, 0.25) is 5.91 Å². The molecular formula is C22H40N2O7S. The Labute approximate surface area is 195 Å². The third kappa shape index (κ3) is 6.96. The summed E-state index contributed by atoms with van der Waals surface area (Å²) in [6.07, 6.45) is 1.02. The van der Waals surface area contributed by atoms with Crippen molar-refractivity contribution >= 4 is 23.8 Å². The summed E-state index contributed by atoms with van der Waals surface area (Å²) in [5.74, 6) is 0.156. The molecule has 0 aromatic rings. The minimum absolute atomic E-state index is 0.0466. The topological polar surface area (TPSA) is 129 Å². The second kappa shape index (κ2) is 13.0. The van der Waals surface area contributed by atoms with E-state index in [1.165, 1.54) is 16.7 Å². The SMILES string of the molecule is CCCC1CCN(C(=O)OCC)C(C(=O)NCC(C)CC2OC(SC)C(O)C(O)C2O)C1. The summed E-state index contributed by atoms with van der Waals surface area (Å²) in [5.41, 5.74) is -0.615. The molecule has 8 atom stereocenters. The van der Waals surface area contributed by atoms with Gasteiger partial charge in [0.1, 0.15) is 29.8 Å².